The van der Waals surface area contributed by atoms with Crippen LogP contribution in [0.5, 0.6) is 5.75 Å². The molecule has 0 bridgehead atoms. The summed E-state index contributed by atoms with van der Waals surface area (Å²) in [6.45, 7) is 0.711. The van der Waals surface area contributed by atoms with E-state index >= 15 is 0 Å². The van der Waals surface area contributed by atoms with Crippen LogP contribution in [0.3, 0.4) is 0 Å². The lowest BCUT2D eigenvalue weighted by Crippen LogP contribution is -2.21. The summed E-state index contributed by atoms with van der Waals surface area (Å²) in [7, 11) is 0. The van der Waals surface area contributed by atoms with Crippen LogP contribution in [0.1, 0.15) is 12.8 Å². The van der Waals surface area contributed by atoms with E-state index in [0.29, 0.717) is 18.7 Å². The topological polar surface area (TPSA) is 45.0 Å². The highest BCUT2D eigenvalue weighted by Gasteiger charge is 2.25. The Morgan fingerprint density at radius 3 is 3.19 bits per heavy atom. The summed E-state index contributed by atoms with van der Waals surface area (Å²) in [4.78, 5) is 0. The molecule has 3 nitrogen and oxygen atoms in total. The van der Waals surface area contributed by atoms with Gasteiger partial charge in [-0.2, -0.15) is 5.26 Å². The smallest absolute Gasteiger partial charge is 0.126 e. The van der Waals surface area contributed by atoms with Gasteiger partial charge in [0.1, 0.15) is 17.7 Å². The quantitative estimate of drug-likeness (QED) is 0.845. The molecule has 1 aliphatic rings. The summed E-state index contributed by atoms with van der Waals surface area (Å²) < 4.78 is 18.5. The molecule has 0 aromatic heterocycles. The van der Waals surface area contributed by atoms with Crippen molar-refractivity contribution in [1.82, 2.24) is 5.32 Å². The van der Waals surface area contributed by atoms with E-state index in [1.807, 2.05) is 0 Å². The fourth-order valence-corrected chi connectivity index (χ4v) is 1.87. The minimum Gasteiger partial charge on any atom is -0.489 e. The number of hydrogen-bond donors (Lipinski definition) is 1. The van der Waals surface area contributed by atoms with E-state index in [-0.39, 0.29) is 18.0 Å². The third kappa shape index (κ3) is 2.71. The molecule has 84 valence electrons. The molecule has 1 fully saturated rings. The maximum atomic E-state index is 12.9. The second kappa shape index (κ2) is 4.95. The van der Waals surface area contributed by atoms with Gasteiger partial charge in [-0.25, -0.2) is 4.39 Å². The number of rotatable bonds is 3. The van der Waals surface area contributed by atoms with Crippen molar-refractivity contribution >= 4 is 0 Å². The van der Waals surface area contributed by atoms with E-state index < -0.39 is 0 Å². The zero-order valence-corrected chi connectivity index (χ0v) is 8.82. The first-order chi connectivity index (χ1) is 7.78. The Labute approximate surface area is 93.8 Å². The molecule has 1 N–H and O–H groups in total. The Kier molecular flexibility index (Phi) is 3.37. The van der Waals surface area contributed by atoms with Crippen molar-refractivity contribution in [3.63, 3.8) is 0 Å². The molecule has 0 aliphatic carbocycles. The van der Waals surface area contributed by atoms with Crippen molar-refractivity contribution < 1.29 is 9.13 Å². The normalized spacial score (nSPS) is 24.0. The summed E-state index contributed by atoms with van der Waals surface area (Å²) in [5, 5.41) is 11.8. The maximum Gasteiger partial charge on any atom is 0.126 e. The molecular weight excluding hydrogens is 207 g/mol. The molecule has 2 unspecified atom stereocenters. The molecule has 0 radical (unpaired) electrons. The summed E-state index contributed by atoms with van der Waals surface area (Å²) in [6.07, 6.45) is 1.31. The molecule has 1 aliphatic heterocycles. The predicted molar refractivity (Wildman–Crippen MR) is 57.5 cm³/mol. The molecule has 1 aromatic rings. The van der Waals surface area contributed by atoms with E-state index in [9.17, 15) is 4.39 Å². The zero-order valence-electron chi connectivity index (χ0n) is 8.82. The predicted octanol–water partition coefficient (Wildman–Crippen LogP) is 1.85. The van der Waals surface area contributed by atoms with Gasteiger partial charge in [-0.15, -0.1) is 0 Å². The molecule has 0 spiro atoms. The standard InChI is InChI=1S/C12H13FN2O/c13-9-2-1-3-11(6-9)16-12-7-10(4-5-14)15-8-12/h1-3,6,10,12,15H,4,7-8H2. The van der Waals surface area contributed by atoms with Gasteiger partial charge in [-0.1, -0.05) is 6.07 Å². The van der Waals surface area contributed by atoms with Crippen molar-refractivity contribution in [2.45, 2.75) is 25.0 Å². The molecule has 16 heavy (non-hydrogen) atoms. The first kappa shape index (κ1) is 10.9. The van der Waals surface area contributed by atoms with Gasteiger partial charge in [0.05, 0.1) is 12.5 Å². The van der Waals surface area contributed by atoms with Crippen LogP contribution in [0.15, 0.2) is 24.3 Å². The third-order valence-corrected chi connectivity index (χ3v) is 2.62. The van der Waals surface area contributed by atoms with Crippen LogP contribution in [0.4, 0.5) is 4.39 Å². The highest BCUT2D eigenvalue weighted by Crippen LogP contribution is 2.19. The van der Waals surface area contributed by atoms with E-state index in [2.05, 4.69) is 11.4 Å². The number of ether oxygens (including phenoxy) is 1. The number of benzene rings is 1. The second-order valence-corrected chi connectivity index (χ2v) is 3.90. The minimum atomic E-state index is -0.294. The Hall–Kier alpha value is -1.60. The molecule has 4 heteroatoms. The third-order valence-electron chi connectivity index (χ3n) is 2.62. The summed E-state index contributed by atoms with van der Waals surface area (Å²) in [5.74, 6) is 0.251. The molecule has 2 atom stereocenters. The average molecular weight is 220 g/mol. The van der Waals surface area contributed by atoms with Gasteiger partial charge in [0.2, 0.25) is 0 Å². The van der Waals surface area contributed by atoms with Crippen LogP contribution in [-0.2, 0) is 0 Å². The lowest BCUT2D eigenvalue weighted by Gasteiger charge is -2.12. The van der Waals surface area contributed by atoms with Gasteiger partial charge in [0.25, 0.3) is 0 Å². The fraction of sp³-hybridized carbons (Fsp3) is 0.417. The van der Waals surface area contributed by atoms with E-state index in [1.165, 1.54) is 12.1 Å². The van der Waals surface area contributed by atoms with Crippen molar-refractivity contribution in [1.29, 1.82) is 5.26 Å². The number of halogens is 1. The van der Waals surface area contributed by atoms with Gasteiger partial charge >= 0.3 is 0 Å². The number of nitriles is 1. The minimum absolute atomic E-state index is 0.0279. The van der Waals surface area contributed by atoms with Crippen LogP contribution in [0.25, 0.3) is 0 Å². The molecule has 2 rings (SSSR count). The Balaban J connectivity index is 1.90. The highest BCUT2D eigenvalue weighted by atomic mass is 19.1. The van der Waals surface area contributed by atoms with E-state index in [4.69, 9.17) is 10.00 Å². The van der Waals surface area contributed by atoms with Gasteiger partial charge in [-0.3, -0.25) is 0 Å². The average Bonchev–Trinajstić information content (AvgIpc) is 2.66. The first-order valence-electron chi connectivity index (χ1n) is 5.30. The van der Waals surface area contributed by atoms with Crippen LogP contribution in [-0.4, -0.2) is 18.7 Å². The molecule has 1 saturated heterocycles. The van der Waals surface area contributed by atoms with Crippen molar-refractivity contribution in [3.05, 3.63) is 30.1 Å². The molecule has 0 amide bonds. The molecule has 1 heterocycles. The highest BCUT2D eigenvalue weighted by molar-refractivity contribution is 5.22. The van der Waals surface area contributed by atoms with Gasteiger partial charge in [0, 0.05) is 25.1 Å². The Morgan fingerprint density at radius 2 is 2.44 bits per heavy atom. The van der Waals surface area contributed by atoms with Crippen molar-refractivity contribution in [3.8, 4) is 11.8 Å². The van der Waals surface area contributed by atoms with Crippen LogP contribution >= 0.6 is 0 Å². The number of hydrogen-bond acceptors (Lipinski definition) is 3. The first-order valence-corrected chi connectivity index (χ1v) is 5.30. The number of nitrogens with zero attached hydrogens (tertiary/aromatic N) is 1. The van der Waals surface area contributed by atoms with Gasteiger partial charge in [-0.05, 0) is 12.1 Å². The van der Waals surface area contributed by atoms with Crippen molar-refractivity contribution in [2.24, 2.45) is 0 Å². The summed E-state index contributed by atoms with van der Waals surface area (Å²) >= 11 is 0. The fourth-order valence-electron chi connectivity index (χ4n) is 1.87. The second-order valence-electron chi connectivity index (χ2n) is 3.90. The van der Waals surface area contributed by atoms with E-state index in [1.54, 1.807) is 12.1 Å². The van der Waals surface area contributed by atoms with Crippen LogP contribution < -0.4 is 10.1 Å². The Morgan fingerprint density at radius 1 is 1.56 bits per heavy atom. The molecule has 0 saturated carbocycles. The molecule has 1 aromatic carbocycles. The van der Waals surface area contributed by atoms with Crippen molar-refractivity contribution in [2.75, 3.05) is 6.54 Å². The van der Waals surface area contributed by atoms with Crippen LogP contribution in [0, 0.1) is 17.1 Å². The summed E-state index contributed by atoms with van der Waals surface area (Å²) in [5.41, 5.74) is 0. The van der Waals surface area contributed by atoms with Crippen LogP contribution in [0.2, 0.25) is 0 Å². The zero-order chi connectivity index (χ0) is 11.4. The number of nitrogens with one attached hydrogen (secondary N) is 1. The monoisotopic (exact) mass is 220 g/mol. The van der Waals surface area contributed by atoms with E-state index in [0.717, 1.165) is 6.42 Å². The van der Waals surface area contributed by atoms with Gasteiger partial charge < -0.3 is 10.1 Å². The summed E-state index contributed by atoms with van der Waals surface area (Å²) in [6, 6.07) is 8.44. The SMILES string of the molecule is N#CCC1CC(Oc2cccc(F)c2)CN1. The van der Waals surface area contributed by atoms with Gasteiger partial charge in [0.15, 0.2) is 0 Å². The lowest BCUT2D eigenvalue weighted by molar-refractivity contribution is 0.219. The lowest BCUT2D eigenvalue weighted by atomic mass is 10.1. The molecular formula is C12H13FN2O. The largest absolute Gasteiger partial charge is 0.489 e. The maximum absolute atomic E-state index is 12.9. The Bertz CT molecular complexity index is 402.